The fourth-order valence-corrected chi connectivity index (χ4v) is 2.89. The van der Waals surface area contributed by atoms with Crippen LogP contribution in [0.5, 0.6) is 5.75 Å². The summed E-state index contributed by atoms with van der Waals surface area (Å²) in [5.74, 6) is 2.39. The molecule has 8 heteroatoms. The lowest BCUT2D eigenvalue weighted by Gasteiger charge is -2.34. The molecule has 0 spiro atoms. The zero-order chi connectivity index (χ0) is 15.8. The number of morpholine rings is 1. The molecule has 1 saturated heterocycles. The first-order chi connectivity index (χ1) is 11.3. The normalized spacial score (nSPS) is 18.5. The van der Waals surface area contributed by atoms with Crippen molar-refractivity contribution in [3.8, 4) is 11.6 Å². The Hall–Kier alpha value is -2.61. The summed E-state index contributed by atoms with van der Waals surface area (Å²) < 4.78 is 12.8. The van der Waals surface area contributed by atoms with Gasteiger partial charge in [-0.25, -0.2) is 4.98 Å². The average molecular weight is 314 g/mol. The lowest BCUT2D eigenvalue weighted by molar-refractivity contribution is 0.0985. The molecule has 0 amide bonds. The Morgan fingerprint density at radius 1 is 1.43 bits per heavy atom. The number of aromatic amines is 1. The number of nitrogens with zero attached hydrogens (tertiary/aromatic N) is 5. The van der Waals surface area contributed by atoms with Gasteiger partial charge in [-0.05, 0) is 6.92 Å². The molecule has 0 saturated carbocycles. The first kappa shape index (κ1) is 14.0. The molecule has 1 atom stereocenters. The first-order valence-corrected chi connectivity index (χ1v) is 7.55. The van der Waals surface area contributed by atoms with Crippen LogP contribution in [0.25, 0.3) is 16.9 Å². The number of rotatable bonds is 3. The van der Waals surface area contributed by atoms with Crippen molar-refractivity contribution in [1.82, 2.24) is 25.0 Å². The molecule has 0 bridgehead atoms. The fraction of sp³-hybridized carbons (Fsp3) is 0.400. The number of aromatic nitrogens is 5. The summed E-state index contributed by atoms with van der Waals surface area (Å²) in [4.78, 5) is 7.05. The number of pyridine rings is 1. The molecule has 3 aromatic heterocycles. The molecule has 120 valence electrons. The summed E-state index contributed by atoms with van der Waals surface area (Å²) in [5.41, 5.74) is 0.738. The zero-order valence-corrected chi connectivity index (χ0v) is 13.1. The molecular formula is C15H18N6O2. The van der Waals surface area contributed by atoms with Gasteiger partial charge in [0.2, 0.25) is 0 Å². The van der Waals surface area contributed by atoms with Gasteiger partial charge in [-0.1, -0.05) is 0 Å². The minimum absolute atomic E-state index is 0.266. The van der Waals surface area contributed by atoms with Crippen LogP contribution in [0.15, 0.2) is 24.5 Å². The zero-order valence-electron chi connectivity index (χ0n) is 13.1. The van der Waals surface area contributed by atoms with Crippen LogP contribution in [0.2, 0.25) is 0 Å². The second kappa shape index (κ2) is 5.54. The Morgan fingerprint density at radius 3 is 3.09 bits per heavy atom. The van der Waals surface area contributed by atoms with E-state index in [4.69, 9.17) is 14.5 Å². The van der Waals surface area contributed by atoms with Crippen molar-refractivity contribution >= 4 is 16.9 Å². The highest BCUT2D eigenvalue weighted by Crippen LogP contribution is 2.31. The fourth-order valence-electron chi connectivity index (χ4n) is 2.89. The number of anilines is 1. The van der Waals surface area contributed by atoms with Gasteiger partial charge < -0.3 is 14.4 Å². The van der Waals surface area contributed by atoms with Crippen molar-refractivity contribution in [2.24, 2.45) is 0 Å². The van der Waals surface area contributed by atoms with Crippen molar-refractivity contribution in [2.75, 3.05) is 31.8 Å². The van der Waals surface area contributed by atoms with Gasteiger partial charge in [0.25, 0.3) is 0 Å². The van der Waals surface area contributed by atoms with Gasteiger partial charge in [0.15, 0.2) is 11.5 Å². The van der Waals surface area contributed by atoms with Crippen molar-refractivity contribution in [2.45, 2.75) is 13.0 Å². The van der Waals surface area contributed by atoms with Crippen LogP contribution in [-0.2, 0) is 4.74 Å². The lowest BCUT2D eigenvalue weighted by atomic mass is 10.2. The van der Waals surface area contributed by atoms with Crippen LogP contribution in [0.3, 0.4) is 0 Å². The standard InChI is InChI=1S/C15H18N6O2/c1-10-9-23-6-5-20(10)14-7-12(22-2)11-8-17-21(15(11)18-14)13-3-4-16-19-13/h3-4,7-8,10H,5-6,9H2,1-2H3,(H,16,19). The van der Waals surface area contributed by atoms with Crippen LogP contribution >= 0.6 is 0 Å². The number of fused-ring (bicyclic) bond motifs is 1. The van der Waals surface area contributed by atoms with Crippen molar-refractivity contribution in [3.63, 3.8) is 0 Å². The number of hydrogen-bond donors (Lipinski definition) is 1. The van der Waals surface area contributed by atoms with Crippen LogP contribution in [0.4, 0.5) is 5.82 Å². The van der Waals surface area contributed by atoms with E-state index in [0.29, 0.717) is 13.2 Å². The molecule has 23 heavy (non-hydrogen) atoms. The smallest absolute Gasteiger partial charge is 0.170 e. The topological polar surface area (TPSA) is 81.1 Å². The number of nitrogens with one attached hydrogen (secondary N) is 1. The van der Waals surface area contributed by atoms with Gasteiger partial charge in [-0.15, -0.1) is 0 Å². The number of hydrogen-bond acceptors (Lipinski definition) is 6. The maximum absolute atomic E-state index is 5.55. The molecule has 1 unspecified atom stereocenters. The summed E-state index contributed by atoms with van der Waals surface area (Å²) in [5, 5.41) is 12.2. The molecule has 0 aromatic carbocycles. The summed E-state index contributed by atoms with van der Waals surface area (Å²) in [6.07, 6.45) is 3.45. The Bertz CT molecular complexity index is 813. The van der Waals surface area contributed by atoms with E-state index in [0.717, 1.165) is 35.0 Å². The van der Waals surface area contributed by atoms with Gasteiger partial charge in [0, 0.05) is 18.7 Å². The van der Waals surface area contributed by atoms with E-state index < -0.39 is 0 Å². The van der Waals surface area contributed by atoms with Crippen LogP contribution < -0.4 is 9.64 Å². The van der Waals surface area contributed by atoms with E-state index in [1.54, 1.807) is 24.2 Å². The minimum atomic E-state index is 0.266. The van der Waals surface area contributed by atoms with E-state index in [1.165, 1.54) is 0 Å². The minimum Gasteiger partial charge on any atom is -0.496 e. The molecule has 8 nitrogen and oxygen atoms in total. The summed E-state index contributed by atoms with van der Waals surface area (Å²) in [7, 11) is 1.66. The molecule has 3 aromatic rings. The van der Waals surface area contributed by atoms with Gasteiger partial charge >= 0.3 is 0 Å². The highest BCUT2D eigenvalue weighted by Gasteiger charge is 2.23. The molecule has 0 radical (unpaired) electrons. The first-order valence-electron chi connectivity index (χ1n) is 7.55. The number of H-pyrrole nitrogens is 1. The van der Waals surface area contributed by atoms with Crippen molar-refractivity contribution < 1.29 is 9.47 Å². The second-order valence-corrected chi connectivity index (χ2v) is 5.54. The third-order valence-corrected chi connectivity index (χ3v) is 4.09. The second-order valence-electron chi connectivity index (χ2n) is 5.54. The maximum Gasteiger partial charge on any atom is 0.170 e. The average Bonchev–Trinajstić information content (AvgIpc) is 3.23. The molecule has 1 fully saturated rings. The highest BCUT2D eigenvalue weighted by atomic mass is 16.5. The highest BCUT2D eigenvalue weighted by molar-refractivity contribution is 5.85. The molecule has 0 aliphatic carbocycles. The summed E-state index contributed by atoms with van der Waals surface area (Å²) >= 11 is 0. The Balaban J connectivity index is 1.87. The quantitative estimate of drug-likeness (QED) is 0.786. The largest absolute Gasteiger partial charge is 0.496 e. The Kier molecular flexibility index (Phi) is 3.38. The van der Waals surface area contributed by atoms with Crippen LogP contribution in [0.1, 0.15) is 6.92 Å². The molecule has 1 aliphatic rings. The molecular weight excluding hydrogens is 296 g/mol. The Labute approximate surface area is 133 Å². The van der Waals surface area contributed by atoms with Crippen molar-refractivity contribution in [1.29, 1.82) is 0 Å². The molecule has 4 heterocycles. The van der Waals surface area contributed by atoms with Gasteiger partial charge in [0.1, 0.15) is 11.6 Å². The van der Waals surface area contributed by atoms with Crippen LogP contribution in [0, 0.1) is 0 Å². The van der Waals surface area contributed by atoms with Gasteiger partial charge in [0.05, 0.1) is 44.1 Å². The van der Waals surface area contributed by atoms with E-state index >= 15 is 0 Å². The van der Waals surface area contributed by atoms with Crippen molar-refractivity contribution in [3.05, 3.63) is 24.5 Å². The monoisotopic (exact) mass is 314 g/mol. The molecule has 1 aliphatic heterocycles. The third kappa shape index (κ3) is 2.31. The summed E-state index contributed by atoms with van der Waals surface area (Å²) in [6.45, 7) is 4.33. The van der Waals surface area contributed by atoms with Gasteiger partial charge in [-0.2, -0.15) is 14.9 Å². The van der Waals surface area contributed by atoms with E-state index in [-0.39, 0.29) is 6.04 Å². The number of ether oxygens (including phenoxy) is 2. The molecule has 4 rings (SSSR count). The van der Waals surface area contributed by atoms with E-state index in [9.17, 15) is 0 Å². The lowest BCUT2D eigenvalue weighted by Crippen LogP contribution is -2.44. The SMILES string of the molecule is COc1cc(N2CCOCC2C)nc2c1cnn2-c1ccn[nH]1. The number of methoxy groups -OCH3 is 1. The van der Waals surface area contributed by atoms with E-state index in [1.807, 2.05) is 12.1 Å². The predicted molar refractivity (Wildman–Crippen MR) is 85.2 cm³/mol. The summed E-state index contributed by atoms with van der Waals surface area (Å²) in [6, 6.07) is 4.08. The van der Waals surface area contributed by atoms with Gasteiger partial charge in [-0.3, -0.25) is 5.10 Å². The predicted octanol–water partition coefficient (Wildman–Crippen LogP) is 1.38. The third-order valence-electron chi connectivity index (χ3n) is 4.09. The Morgan fingerprint density at radius 2 is 2.35 bits per heavy atom. The van der Waals surface area contributed by atoms with Crippen LogP contribution in [-0.4, -0.2) is 57.9 Å². The molecule has 1 N–H and O–H groups in total. The van der Waals surface area contributed by atoms with E-state index in [2.05, 4.69) is 27.1 Å². The maximum atomic E-state index is 5.55.